The summed E-state index contributed by atoms with van der Waals surface area (Å²) in [6, 6.07) is 10.9. The van der Waals surface area contributed by atoms with E-state index >= 15 is 0 Å². The Hall–Kier alpha value is -3.95. The predicted octanol–water partition coefficient (Wildman–Crippen LogP) is 2.79. The Labute approximate surface area is 234 Å². The summed E-state index contributed by atoms with van der Waals surface area (Å²) in [6.45, 7) is 8.11. The van der Waals surface area contributed by atoms with E-state index in [0.717, 1.165) is 5.56 Å². The lowest BCUT2D eigenvalue weighted by Crippen LogP contribution is -2.52. The number of hydrogen-bond donors (Lipinski definition) is 3. The molecule has 0 saturated carbocycles. The minimum atomic E-state index is -1.03. The minimum Gasteiger partial charge on any atom is -0.491 e. The number of carbonyl (C=O) groups is 4. The fraction of sp³-hybridized carbons (Fsp3) is 0.467. The summed E-state index contributed by atoms with van der Waals surface area (Å²) in [5, 5.41) is 8.43. The van der Waals surface area contributed by atoms with Crippen LogP contribution in [-0.2, 0) is 19.8 Å². The predicted molar refractivity (Wildman–Crippen MR) is 149 cm³/mol. The summed E-state index contributed by atoms with van der Waals surface area (Å²) in [5.74, 6) is -1.82. The molecule has 40 heavy (non-hydrogen) atoms. The van der Waals surface area contributed by atoms with E-state index < -0.39 is 35.2 Å². The van der Waals surface area contributed by atoms with Crippen molar-refractivity contribution in [3.05, 3.63) is 65.5 Å². The molecule has 2 aromatic rings. The Balaban J connectivity index is 1.84. The molecule has 0 unspecified atom stereocenters. The molecule has 1 heterocycles. The van der Waals surface area contributed by atoms with Crippen LogP contribution in [0.15, 0.2) is 48.5 Å². The van der Waals surface area contributed by atoms with E-state index in [9.17, 15) is 23.6 Å². The van der Waals surface area contributed by atoms with E-state index in [4.69, 9.17) is 4.74 Å². The minimum absolute atomic E-state index is 0.0122. The van der Waals surface area contributed by atoms with Crippen molar-refractivity contribution < 1.29 is 28.3 Å². The fourth-order valence-electron chi connectivity index (χ4n) is 4.39. The Morgan fingerprint density at radius 3 is 2.45 bits per heavy atom. The van der Waals surface area contributed by atoms with Crippen LogP contribution < -0.4 is 20.7 Å². The summed E-state index contributed by atoms with van der Waals surface area (Å²) in [4.78, 5) is 54.1. The Morgan fingerprint density at radius 2 is 1.77 bits per heavy atom. The monoisotopic (exact) mass is 554 g/mol. The number of nitrogens with zero attached hydrogens (tertiary/aromatic N) is 1. The van der Waals surface area contributed by atoms with Crippen LogP contribution in [0.3, 0.4) is 0 Å². The van der Waals surface area contributed by atoms with Crippen LogP contribution in [0.2, 0.25) is 0 Å². The van der Waals surface area contributed by atoms with Gasteiger partial charge in [-0.3, -0.25) is 19.2 Å². The van der Waals surface area contributed by atoms with E-state index in [0.29, 0.717) is 5.75 Å². The highest BCUT2D eigenvalue weighted by Crippen LogP contribution is 2.23. The molecule has 0 aliphatic carbocycles. The second-order valence-electron chi connectivity index (χ2n) is 11.1. The summed E-state index contributed by atoms with van der Waals surface area (Å²) >= 11 is 0. The second kappa shape index (κ2) is 13.4. The number of hydrogen-bond acceptors (Lipinski definition) is 5. The largest absolute Gasteiger partial charge is 0.491 e. The first-order valence-electron chi connectivity index (χ1n) is 13.5. The average molecular weight is 555 g/mol. The third-order valence-electron chi connectivity index (χ3n) is 7.05. The highest BCUT2D eigenvalue weighted by molar-refractivity contribution is 5.99. The molecule has 2 atom stereocenters. The summed E-state index contributed by atoms with van der Waals surface area (Å²) in [5.41, 5.74) is 0.544. The van der Waals surface area contributed by atoms with Gasteiger partial charge in [0.05, 0.1) is 12.1 Å². The van der Waals surface area contributed by atoms with Crippen molar-refractivity contribution in [2.45, 2.75) is 58.0 Å². The number of rotatable bonds is 5. The SMILES string of the molecule is CC(C)[C@H]1NC(=O)CC[C@@H](C(=O)NCC(C)(C)c2ccc(F)cc2)NC(=O)c2ccccc2OCCN(C)C1=O. The Bertz CT molecular complexity index is 1210. The number of ether oxygens (including phenoxy) is 1. The normalized spacial score (nSPS) is 19.5. The molecule has 0 aromatic heterocycles. The fourth-order valence-corrected chi connectivity index (χ4v) is 4.39. The molecule has 3 rings (SSSR count). The zero-order chi connectivity index (χ0) is 29.4. The average Bonchev–Trinajstić information content (AvgIpc) is 2.92. The third-order valence-corrected chi connectivity index (χ3v) is 7.05. The number of halogens is 1. The van der Waals surface area contributed by atoms with Gasteiger partial charge in [-0.1, -0.05) is 52.0 Å². The molecule has 10 heteroatoms. The molecule has 0 spiro atoms. The van der Waals surface area contributed by atoms with Gasteiger partial charge in [0.25, 0.3) is 5.91 Å². The summed E-state index contributed by atoms with van der Waals surface area (Å²) in [6.07, 6.45) is -0.0731. The number of amides is 4. The molecule has 4 amide bonds. The summed E-state index contributed by atoms with van der Waals surface area (Å²) in [7, 11) is 1.64. The second-order valence-corrected chi connectivity index (χ2v) is 11.1. The van der Waals surface area contributed by atoms with Crippen molar-refractivity contribution in [3.63, 3.8) is 0 Å². The zero-order valence-electron chi connectivity index (χ0n) is 23.8. The van der Waals surface area contributed by atoms with Gasteiger partial charge in [0, 0.05) is 25.4 Å². The van der Waals surface area contributed by atoms with E-state index in [-0.39, 0.29) is 55.7 Å². The summed E-state index contributed by atoms with van der Waals surface area (Å²) < 4.78 is 19.2. The van der Waals surface area contributed by atoms with Crippen LogP contribution in [0, 0.1) is 11.7 Å². The molecule has 2 aromatic carbocycles. The van der Waals surface area contributed by atoms with Gasteiger partial charge in [-0.05, 0) is 42.2 Å². The Morgan fingerprint density at radius 1 is 1.10 bits per heavy atom. The topological polar surface area (TPSA) is 117 Å². The van der Waals surface area contributed by atoms with Crippen molar-refractivity contribution in [2.75, 3.05) is 26.7 Å². The standard InChI is InChI=1S/C30H39FN4O5/c1-19(2)26-29(39)35(5)16-17-40-24-9-7-6-8-22(24)27(37)33-23(14-15-25(36)34-26)28(38)32-18-30(3,4)20-10-12-21(31)13-11-20/h6-13,19,23,26H,14-18H2,1-5H3,(H,32,38)(H,33,37)(H,34,36)/t23-,26+/m0/s1. The van der Waals surface area contributed by atoms with Crippen molar-refractivity contribution >= 4 is 23.6 Å². The van der Waals surface area contributed by atoms with Gasteiger partial charge < -0.3 is 25.6 Å². The van der Waals surface area contributed by atoms with Gasteiger partial charge in [-0.2, -0.15) is 0 Å². The van der Waals surface area contributed by atoms with E-state index in [1.54, 1.807) is 43.4 Å². The first kappa shape index (κ1) is 30.6. The van der Waals surface area contributed by atoms with Crippen LogP contribution in [0.25, 0.3) is 0 Å². The highest BCUT2D eigenvalue weighted by Gasteiger charge is 2.30. The van der Waals surface area contributed by atoms with Crippen molar-refractivity contribution in [1.82, 2.24) is 20.9 Å². The lowest BCUT2D eigenvalue weighted by Gasteiger charge is -2.28. The van der Waals surface area contributed by atoms with Gasteiger partial charge >= 0.3 is 0 Å². The van der Waals surface area contributed by atoms with Gasteiger partial charge in [0.15, 0.2) is 0 Å². The number of likely N-dealkylation sites (N-methyl/N-ethyl adjacent to an activating group) is 1. The molecule has 0 radical (unpaired) electrons. The third kappa shape index (κ3) is 8.03. The maximum atomic E-state index is 13.4. The lowest BCUT2D eigenvalue weighted by atomic mass is 9.84. The molecule has 1 aliphatic rings. The van der Waals surface area contributed by atoms with Crippen LogP contribution in [0.1, 0.15) is 56.5 Å². The van der Waals surface area contributed by atoms with E-state index in [1.807, 2.05) is 27.7 Å². The molecular formula is C30H39FN4O5. The van der Waals surface area contributed by atoms with E-state index in [2.05, 4.69) is 16.0 Å². The number of para-hydroxylation sites is 1. The van der Waals surface area contributed by atoms with Gasteiger partial charge in [-0.25, -0.2) is 4.39 Å². The lowest BCUT2D eigenvalue weighted by molar-refractivity contribution is -0.137. The molecule has 0 saturated heterocycles. The van der Waals surface area contributed by atoms with Crippen LogP contribution >= 0.6 is 0 Å². The number of nitrogens with one attached hydrogen (secondary N) is 3. The number of fused-ring (bicyclic) bond motifs is 1. The molecule has 0 bridgehead atoms. The molecule has 216 valence electrons. The molecular weight excluding hydrogens is 515 g/mol. The van der Waals surface area contributed by atoms with Gasteiger partial charge in [0.2, 0.25) is 17.7 Å². The van der Waals surface area contributed by atoms with Crippen molar-refractivity contribution in [1.29, 1.82) is 0 Å². The zero-order valence-corrected chi connectivity index (χ0v) is 23.8. The molecule has 3 N–H and O–H groups in total. The van der Waals surface area contributed by atoms with Crippen molar-refractivity contribution in [2.24, 2.45) is 5.92 Å². The van der Waals surface area contributed by atoms with Crippen LogP contribution in [0.5, 0.6) is 5.75 Å². The van der Waals surface area contributed by atoms with Gasteiger partial charge in [0.1, 0.15) is 30.3 Å². The first-order chi connectivity index (χ1) is 18.9. The molecule has 0 fully saturated rings. The van der Waals surface area contributed by atoms with E-state index in [1.165, 1.54) is 17.0 Å². The number of benzene rings is 2. The smallest absolute Gasteiger partial charge is 0.255 e. The quantitative estimate of drug-likeness (QED) is 0.526. The van der Waals surface area contributed by atoms with Crippen LogP contribution in [0.4, 0.5) is 4.39 Å². The number of carbonyl (C=O) groups excluding carboxylic acids is 4. The maximum Gasteiger partial charge on any atom is 0.255 e. The highest BCUT2D eigenvalue weighted by atomic mass is 19.1. The molecule has 1 aliphatic heterocycles. The molecule has 9 nitrogen and oxygen atoms in total. The maximum absolute atomic E-state index is 13.4. The van der Waals surface area contributed by atoms with Crippen molar-refractivity contribution in [3.8, 4) is 5.75 Å². The van der Waals surface area contributed by atoms with Crippen LogP contribution in [-0.4, -0.2) is 67.4 Å². The Kier molecular flexibility index (Phi) is 10.3. The van der Waals surface area contributed by atoms with Gasteiger partial charge in [-0.15, -0.1) is 0 Å². The first-order valence-corrected chi connectivity index (χ1v) is 13.5.